The van der Waals surface area contributed by atoms with E-state index >= 15 is 0 Å². The van der Waals surface area contributed by atoms with Crippen molar-refractivity contribution in [3.63, 3.8) is 0 Å². The molecule has 1 heterocycles. The molecule has 116 valence electrons. The molecule has 1 aromatic carbocycles. The van der Waals surface area contributed by atoms with E-state index in [2.05, 4.69) is 49.8 Å². The van der Waals surface area contributed by atoms with E-state index in [4.69, 9.17) is 0 Å². The average molecular weight is 373 g/mol. The van der Waals surface area contributed by atoms with Crippen molar-refractivity contribution >= 4 is 26.0 Å². The summed E-state index contributed by atoms with van der Waals surface area (Å²) < 4.78 is 27.9. The second-order valence-corrected chi connectivity index (χ2v) is 8.95. The second kappa shape index (κ2) is 6.36. The van der Waals surface area contributed by atoms with Gasteiger partial charge in [-0.3, -0.25) is 4.90 Å². The van der Waals surface area contributed by atoms with Crippen molar-refractivity contribution in [2.24, 2.45) is 0 Å². The molecule has 0 bridgehead atoms. The normalized spacial score (nSPS) is 21.6. The monoisotopic (exact) mass is 372 g/mol. The Bertz CT molecular complexity index is 576. The number of likely N-dealkylation sites (tertiary alicyclic amines) is 1. The first-order chi connectivity index (χ1) is 10.0. The topological polar surface area (TPSA) is 49.4 Å². The van der Waals surface area contributed by atoms with E-state index in [0.717, 1.165) is 49.8 Å². The maximum atomic E-state index is 11.9. The largest absolute Gasteiger partial charge is 0.299 e. The van der Waals surface area contributed by atoms with E-state index in [1.54, 1.807) is 0 Å². The Morgan fingerprint density at radius 1 is 1.10 bits per heavy atom. The molecule has 1 aromatic rings. The molecule has 2 fully saturated rings. The van der Waals surface area contributed by atoms with Gasteiger partial charge in [0.05, 0.1) is 5.25 Å². The van der Waals surface area contributed by atoms with Crippen LogP contribution in [0.4, 0.5) is 0 Å². The van der Waals surface area contributed by atoms with Crippen molar-refractivity contribution in [2.75, 3.05) is 13.1 Å². The number of hydrogen-bond donors (Lipinski definition) is 1. The standard InChI is InChI=1S/C15H21BrN2O2S/c16-13-3-1-12(2-4-13)11-18-9-7-14(8-10-18)17-21(19,20)15-5-6-15/h1-4,14-15,17H,5-11H2. The predicted molar refractivity (Wildman–Crippen MR) is 87.5 cm³/mol. The third kappa shape index (κ3) is 4.28. The summed E-state index contributed by atoms with van der Waals surface area (Å²) in [7, 11) is -3.04. The predicted octanol–water partition coefficient (Wildman–Crippen LogP) is 2.50. The summed E-state index contributed by atoms with van der Waals surface area (Å²) in [5, 5.41) is -0.113. The third-order valence-electron chi connectivity index (χ3n) is 4.20. The fourth-order valence-corrected chi connectivity index (χ4v) is 4.68. The molecule has 0 amide bonds. The van der Waals surface area contributed by atoms with E-state index in [-0.39, 0.29) is 11.3 Å². The SMILES string of the molecule is O=S(=O)(NC1CCN(Cc2ccc(Br)cc2)CC1)C1CC1. The first-order valence-electron chi connectivity index (χ1n) is 7.51. The van der Waals surface area contributed by atoms with Crippen LogP contribution in [0.15, 0.2) is 28.7 Å². The van der Waals surface area contributed by atoms with Crippen molar-refractivity contribution in [3.05, 3.63) is 34.3 Å². The number of benzene rings is 1. The van der Waals surface area contributed by atoms with Crippen molar-refractivity contribution in [1.82, 2.24) is 9.62 Å². The summed E-state index contributed by atoms with van der Waals surface area (Å²) in [4.78, 5) is 2.39. The van der Waals surface area contributed by atoms with Gasteiger partial charge in [0.25, 0.3) is 0 Å². The molecule has 3 rings (SSSR count). The van der Waals surface area contributed by atoms with Gasteiger partial charge < -0.3 is 0 Å². The Kier molecular flexibility index (Phi) is 4.69. The minimum absolute atomic E-state index is 0.113. The lowest BCUT2D eigenvalue weighted by Gasteiger charge is -2.32. The lowest BCUT2D eigenvalue weighted by Crippen LogP contribution is -2.45. The molecule has 0 aromatic heterocycles. The zero-order valence-corrected chi connectivity index (χ0v) is 14.4. The summed E-state index contributed by atoms with van der Waals surface area (Å²) in [6.07, 6.45) is 3.47. The number of rotatable bonds is 5. The molecule has 21 heavy (non-hydrogen) atoms. The Morgan fingerprint density at radius 3 is 2.29 bits per heavy atom. The fraction of sp³-hybridized carbons (Fsp3) is 0.600. The van der Waals surface area contributed by atoms with Gasteiger partial charge >= 0.3 is 0 Å². The van der Waals surface area contributed by atoms with E-state index in [1.807, 2.05) is 0 Å². The molecule has 2 aliphatic rings. The lowest BCUT2D eigenvalue weighted by molar-refractivity contribution is 0.200. The maximum absolute atomic E-state index is 11.9. The Morgan fingerprint density at radius 2 is 1.71 bits per heavy atom. The van der Waals surface area contributed by atoms with Crippen LogP contribution in [0.3, 0.4) is 0 Å². The summed E-state index contributed by atoms with van der Waals surface area (Å²) >= 11 is 3.44. The van der Waals surface area contributed by atoms with Crippen LogP contribution in [-0.2, 0) is 16.6 Å². The molecule has 0 unspecified atom stereocenters. The Labute approximate surface area is 135 Å². The molecule has 0 atom stereocenters. The average Bonchev–Trinajstić information content (AvgIpc) is 3.28. The number of sulfonamides is 1. The molecular weight excluding hydrogens is 352 g/mol. The van der Waals surface area contributed by atoms with Gasteiger partial charge in [0, 0.05) is 30.1 Å². The van der Waals surface area contributed by atoms with Gasteiger partial charge in [0.15, 0.2) is 0 Å². The van der Waals surface area contributed by atoms with Crippen molar-refractivity contribution in [2.45, 2.75) is 43.5 Å². The Hall–Kier alpha value is -0.430. The highest BCUT2D eigenvalue weighted by molar-refractivity contribution is 9.10. The summed E-state index contributed by atoms with van der Waals surface area (Å²) in [5.74, 6) is 0. The number of hydrogen-bond acceptors (Lipinski definition) is 3. The van der Waals surface area contributed by atoms with Crippen molar-refractivity contribution < 1.29 is 8.42 Å². The molecule has 0 spiro atoms. The molecule has 1 saturated heterocycles. The van der Waals surface area contributed by atoms with Crippen molar-refractivity contribution in [3.8, 4) is 0 Å². The van der Waals surface area contributed by atoms with E-state index in [9.17, 15) is 8.42 Å². The zero-order valence-electron chi connectivity index (χ0n) is 12.0. The van der Waals surface area contributed by atoms with Gasteiger partial charge in [-0.25, -0.2) is 13.1 Å². The van der Waals surface area contributed by atoms with Crippen LogP contribution >= 0.6 is 15.9 Å². The van der Waals surface area contributed by atoms with Crippen LogP contribution in [-0.4, -0.2) is 37.7 Å². The minimum Gasteiger partial charge on any atom is -0.299 e. The molecular formula is C15H21BrN2O2S. The highest BCUT2D eigenvalue weighted by Crippen LogP contribution is 2.28. The van der Waals surface area contributed by atoms with Crippen LogP contribution in [0.1, 0.15) is 31.2 Å². The minimum atomic E-state index is -3.04. The number of nitrogens with one attached hydrogen (secondary N) is 1. The molecule has 4 nitrogen and oxygen atoms in total. The van der Waals surface area contributed by atoms with E-state index in [0.29, 0.717) is 0 Å². The molecule has 0 radical (unpaired) electrons. The van der Waals surface area contributed by atoms with Gasteiger partial charge in [0.1, 0.15) is 0 Å². The number of nitrogens with zero attached hydrogens (tertiary/aromatic N) is 1. The Balaban J connectivity index is 1.47. The van der Waals surface area contributed by atoms with Crippen LogP contribution in [0.2, 0.25) is 0 Å². The molecule has 1 N–H and O–H groups in total. The van der Waals surface area contributed by atoms with Crippen LogP contribution in [0, 0.1) is 0 Å². The second-order valence-electron chi connectivity index (χ2n) is 6.04. The fourth-order valence-electron chi connectivity index (χ4n) is 2.76. The van der Waals surface area contributed by atoms with Gasteiger partial charge in [-0.15, -0.1) is 0 Å². The first kappa shape index (κ1) is 15.5. The lowest BCUT2D eigenvalue weighted by atomic mass is 10.1. The van der Waals surface area contributed by atoms with Crippen molar-refractivity contribution in [1.29, 1.82) is 0 Å². The zero-order chi connectivity index (χ0) is 14.9. The van der Waals surface area contributed by atoms with E-state index < -0.39 is 10.0 Å². The van der Waals surface area contributed by atoms with Crippen LogP contribution < -0.4 is 4.72 Å². The molecule has 1 saturated carbocycles. The smallest absolute Gasteiger partial charge is 0.214 e. The van der Waals surface area contributed by atoms with Crippen LogP contribution in [0.25, 0.3) is 0 Å². The number of piperidine rings is 1. The molecule has 1 aliphatic carbocycles. The van der Waals surface area contributed by atoms with Gasteiger partial charge in [-0.1, -0.05) is 28.1 Å². The van der Waals surface area contributed by atoms with Gasteiger partial charge in [0.2, 0.25) is 10.0 Å². The van der Waals surface area contributed by atoms with Crippen LogP contribution in [0.5, 0.6) is 0 Å². The quantitative estimate of drug-likeness (QED) is 0.863. The molecule has 6 heteroatoms. The highest BCUT2D eigenvalue weighted by atomic mass is 79.9. The number of halogens is 1. The maximum Gasteiger partial charge on any atom is 0.214 e. The van der Waals surface area contributed by atoms with Gasteiger partial charge in [-0.05, 0) is 43.4 Å². The summed E-state index contributed by atoms with van der Waals surface area (Å²) in [5.41, 5.74) is 1.30. The highest BCUT2D eigenvalue weighted by Gasteiger charge is 2.37. The van der Waals surface area contributed by atoms with Gasteiger partial charge in [-0.2, -0.15) is 0 Å². The van der Waals surface area contributed by atoms with E-state index in [1.165, 1.54) is 5.56 Å². The summed E-state index contributed by atoms with van der Waals surface area (Å²) in [6, 6.07) is 8.51. The first-order valence-corrected chi connectivity index (χ1v) is 9.85. The third-order valence-corrected chi connectivity index (χ3v) is 6.74. The molecule has 1 aliphatic heterocycles. The summed E-state index contributed by atoms with van der Waals surface area (Å²) in [6.45, 7) is 2.84.